The Labute approximate surface area is 113 Å². The van der Waals surface area contributed by atoms with Crippen molar-refractivity contribution in [2.45, 2.75) is 6.10 Å². The zero-order chi connectivity index (χ0) is 12.8. The van der Waals surface area contributed by atoms with Crippen LogP contribution in [0.5, 0.6) is 0 Å². The van der Waals surface area contributed by atoms with Gasteiger partial charge in [-0.2, -0.15) is 0 Å². The van der Waals surface area contributed by atoms with Crippen LogP contribution in [0.4, 0.5) is 0 Å². The second kappa shape index (κ2) is 6.90. The predicted molar refractivity (Wildman–Crippen MR) is 73.8 cm³/mol. The molecule has 1 fully saturated rings. The Balaban J connectivity index is 1.86. The predicted octanol–water partition coefficient (Wildman–Crippen LogP) is 2.05. The van der Waals surface area contributed by atoms with Crippen molar-refractivity contribution in [3.05, 3.63) is 40.9 Å². The third-order valence-corrected chi connectivity index (χ3v) is 3.30. The monoisotopic (exact) mass is 267 g/mol. The van der Waals surface area contributed by atoms with E-state index < -0.39 is 6.10 Å². The van der Waals surface area contributed by atoms with Gasteiger partial charge in [0.15, 0.2) is 0 Å². The third-order valence-electron chi connectivity index (χ3n) is 2.95. The van der Waals surface area contributed by atoms with Gasteiger partial charge < -0.3 is 9.84 Å². The Morgan fingerprint density at radius 1 is 1.33 bits per heavy atom. The van der Waals surface area contributed by atoms with Crippen LogP contribution in [0.2, 0.25) is 5.02 Å². The van der Waals surface area contributed by atoms with Crippen molar-refractivity contribution in [2.75, 3.05) is 32.8 Å². The van der Waals surface area contributed by atoms with Crippen molar-refractivity contribution in [3.63, 3.8) is 0 Å². The fourth-order valence-corrected chi connectivity index (χ4v) is 2.13. The first-order chi connectivity index (χ1) is 8.75. The molecule has 1 saturated heterocycles. The molecule has 0 radical (unpaired) electrons. The standard InChI is InChI=1S/C14H18ClNO2/c15-14-4-2-1-3-12(14)5-6-13(17)11-16-7-9-18-10-8-16/h1-6,13,17H,7-11H2/b6-5-. The third kappa shape index (κ3) is 4.10. The normalized spacial score (nSPS) is 19.2. The van der Waals surface area contributed by atoms with Gasteiger partial charge in [-0.05, 0) is 11.6 Å². The van der Waals surface area contributed by atoms with Crippen LogP contribution in [0.3, 0.4) is 0 Å². The van der Waals surface area contributed by atoms with Crippen molar-refractivity contribution in [1.29, 1.82) is 0 Å². The van der Waals surface area contributed by atoms with Crippen LogP contribution >= 0.6 is 11.6 Å². The molecule has 0 aliphatic carbocycles. The smallest absolute Gasteiger partial charge is 0.0851 e. The van der Waals surface area contributed by atoms with Crippen LogP contribution in [-0.4, -0.2) is 49.0 Å². The summed E-state index contributed by atoms with van der Waals surface area (Å²) in [6.07, 6.45) is 3.18. The van der Waals surface area contributed by atoms with E-state index in [-0.39, 0.29) is 0 Å². The minimum Gasteiger partial charge on any atom is -0.388 e. The van der Waals surface area contributed by atoms with E-state index in [4.69, 9.17) is 16.3 Å². The van der Waals surface area contributed by atoms with Crippen molar-refractivity contribution < 1.29 is 9.84 Å². The van der Waals surface area contributed by atoms with E-state index in [0.29, 0.717) is 11.6 Å². The van der Waals surface area contributed by atoms with Crippen LogP contribution in [0.1, 0.15) is 5.56 Å². The second-order valence-electron chi connectivity index (χ2n) is 4.36. The summed E-state index contributed by atoms with van der Waals surface area (Å²) in [5.41, 5.74) is 0.931. The summed E-state index contributed by atoms with van der Waals surface area (Å²) in [4.78, 5) is 2.20. The summed E-state index contributed by atoms with van der Waals surface area (Å²) < 4.78 is 5.27. The number of halogens is 1. The first-order valence-electron chi connectivity index (χ1n) is 6.16. The fraction of sp³-hybridized carbons (Fsp3) is 0.429. The highest BCUT2D eigenvalue weighted by atomic mass is 35.5. The second-order valence-corrected chi connectivity index (χ2v) is 4.77. The summed E-state index contributed by atoms with van der Waals surface area (Å²) >= 11 is 6.04. The maximum atomic E-state index is 9.94. The van der Waals surface area contributed by atoms with Gasteiger partial charge in [0.1, 0.15) is 0 Å². The molecule has 18 heavy (non-hydrogen) atoms. The highest BCUT2D eigenvalue weighted by molar-refractivity contribution is 6.32. The Hall–Kier alpha value is -0.870. The summed E-state index contributed by atoms with van der Waals surface area (Å²) in [6.45, 7) is 3.92. The minimum absolute atomic E-state index is 0.473. The lowest BCUT2D eigenvalue weighted by molar-refractivity contribution is 0.0223. The molecule has 3 nitrogen and oxygen atoms in total. The van der Waals surface area contributed by atoms with Gasteiger partial charge in [-0.25, -0.2) is 0 Å². The van der Waals surface area contributed by atoms with E-state index in [1.54, 1.807) is 6.08 Å². The molecule has 1 aromatic carbocycles. The molecule has 1 aliphatic heterocycles. The average Bonchev–Trinajstić information content (AvgIpc) is 2.39. The molecular weight excluding hydrogens is 250 g/mol. The molecule has 1 heterocycles. The highest BCUT2D eigenvalue weighted by Gasteiger charge is 2.12. The number of hydrogen-bond acceptors (Lipinski definition) is 3. The molecule has 0 aromatic heterocycles. The van der Waals surface area contributed by atoms with Gasteiger partial charge in [0.2, 0.25) is 0 Å². The van der Waals surface area contributed by atoms with E-state index in [1.165, 1.54) is 0 Å². The summed E-state index contributed by atoms with van der Waals surface area (Å²) in [7, 11) is 0. The summed E-state index contributed by atoms with van der Waals surface area (Å²) in [6, 6.07) is 7.60. The van der Waals surface area contributed by atoms with Gasteiger partial charge >= 0.3 is 0 Å². The van der Waals surface area contributed by atoms with E-state index in [2.05, 4.69) is 4.90 Å². The molecule has 1 N–H and O–H groups in total. The maximum Gasteiger partial charge on any atom is 0.0851 e. The maximum absolute atomic E-state index is 9.94. The number of hydrogen-bond donors (Lipinski definition) is 1. The highest BCUT2D eigenvalue weighted by Crippen LogP contribution is 2.16. The SMILES string of the molecule is OC(/C=C\c1ccccc1Cl)CN1CCOCC1. The number of rotatable bonds is 4. The van der Waals surface area contributed by atoms with Crippen LogP contribution in [0.25, 0.3) is 6.08 Å². The zero-order valence-corrected chi connectivity index (χ0v) is 11.0. The molecule has 0 bridgehead atoms. The largest absolute Gasteiger partial charge is 0.388 e. The van der Waals surface area contributed by atoms with Gasteiger partial charge in [-0.1, -0.05) is 42.0 Å². The summed E-state index contributed by atoms with van der Waals surface area (Å²) in [5.74, 6) is 0. The molecule has 1 unspecified atom stereocenters. The van der Waals surface area contributed by atoms with Crippen LogP contribution in [0, 0.1) is 0 Å². The lowest BCUT2D eigenvalue weighted by atomic mass is 10.2. The lowest BCUT2D eigenvalue weighted by Crippen LogP contribution is -2.40. The van der Waals surface area contributed by atoms with Gasteiger partial charge in [0.25, 0.3) is 0 Å². The molecule has 1 atom stereocenters. The van der Waals surface area contributed by atoms with Crippen molar-refractivity contribution in [2.24, 2.45) is 0 Å². The molecule has 1 aliphatic rings. The van der Waals surface area contributed by atoms with Gasteiger partial charge in [-0.15, -0.1) is 0 Å². The van der Waals surface area contributed by atoms with E-state index >= 15 is 0 Å². The van der Waals surface area contributed by atoms with Crippen molar-refractivity contribution >= 4 is 17.7 Å². The van der Waals surface area contributed by atoms with Gasteiger partial charge in [-0.3, -0.25) is 4.90 Å². The van der Waals surface area contributed by atoms with Crippen LogP contribution < -0.4 is 0 Å². The van der Waals surface area contributed by atoms with Crippen molar-refractivity contribution in [3.8, 4) is 0 Å². The number of aliphatic hydroxyl groups is 1. The molecule has 98 valence electrons. The summed E-state index contributed by atoms with van der Waals surface area (Å²) in [5, 5.41) is 10.6. The Kier molecular flexibility index (Phi) is 5.20. The zero-order valence-electron chi connectivity index (χ0n) is 10.3. The Bertz CT molecular complexity index is 403. The average molecular weight is 268 g/mol. The number of β-amino-alcohol motifs (C(OH)–C–C–N with tert-alkyl or cyclic N) is 1. The van der Waals surface area contributed by atoms with E-state index in [0.717, 1.165) is 31.9 Å². The number of ether oxygens (including phenoxy) is 1. The number of benzene rings is 1. The van der Waals surface area contributed by atoms with Gasteiger partial charge in [0.05, 0.1) is 19.3 Å². The van der Waals surface area contributed by atoms with E-state index in [9.17, 15) is 5.11 Å². The first kappa shape index (κ1) is 13.6. The molecule has 2 rings (SSSR count). The Morgan fingerprint density at radius 2 is 2.06 bits per heavy atom. The minimum atomic E-state index is -0.473. The molecular formula is C14H18ClNO2. The first-order valence-corrected chi connectivity index (χ1v) is 6.54. The molecule has 4 heteroatoms. The molecule has 0 saturated carbocycles. The quantitative estimate of drug-likeness (QED) is 0.906. The number of aliphatic hydroxyl groups excluding tert-OH is 1. The fourth-order valence-electron chi connectivity index (χ4n) is 1.93. The Morgan fingerprint density at radius 3 is 2.78 bits per heavy atom. The van der Waals surface area contributed by atoms with Crippen molar-refractivity contribution in [1.82, 2.24) is 4.90 Å². The molecule has 1 aromatic rings. The topological polar surface area (TPSA) is 32.7 Å². The van der Waals surface area contributed by atoms with Crippen LogP contribution in [0.15, 0.2) is 30.3 Å². The number of morpholine rings is 1. The van der Waals surface area contributed by atoms with Gasteiger partial charge in [0, 0.05) is 24.7 Å². The molecule has 0 spiro atoms. The lowest BCUT2D eigenvalue weighted by Gasteiger charge is -2.27. The van der Waals surface area contributed by atoms with E-state index in [1.807, 2.05) is 30.3 Å². The number of nitrogens with zero attached hydrogens (tertiary/aromatic N) is 1. The molecule has 0 amide bonds. The van der Waals surface area contributed by atoms with Crippen LogP contribution in [-0.2, 0) is 4.74 Å².